The van der Waals surface area contributed by atoms with E-state index in [2.05, 4.69) is 21.2 Å². The van der Waals surface area contributed by atoms with E-state index in [9.17, 15) is 9.59 Å². The molecule has 1 saturated heterocycles. The largest absolute Gasteiger partial charge is 0.353 e. The van der Waals surface area contributed by atoms with Crippen LogP contribution < -0.4 is 10.2 Å². The first kappa shape index (κ1) is 13.6. The maximum Gasteiger partial charge on any atom is 0.239 e. The summed E-state index contributed by atoms with van der Waals surface area (Å²) in [6.07, 6.45) is 2.69. The van der Waals surface area contributed by atoms with Gasteiger partial charge >= 0.3 is 0 Å². The highest BCUT2D eigenvalue weighted by molar-refractivity contribution is 9.10. The van der Waals surface area contributed by atoms with Crippen molar-refractivity contribution >= 4 is 33.4 Å². The highest BCUT2D eigenvalue weighted by Gasteiger charge is 2.39. The third kappa shape index (κ3) is 2.59. The third-order valence-corrected chi connectivity index (χ3v) is 4.39. The van der Waals surface area contributed by atoms with E-state index in [4.69, 9.17) is 0 Å². The Morgan fingerprint density at radius 3 is 2.75 bits per heavy atom. The van der Waals surface area contributed by atoms with Gasteiger partial charge in [-0.2, -0.15) is 0 Å². The average molecular weight is 337 g/mol. The Morgan fingerprint density at radius 1 is 1.35 bits per heavy atom. The van der Waals surface area contributed by atoms with E-state index >= 15 is 0 Å². The van der Waals surface area contributed by atoms with Crippen LogP contribution in [-0.4, -0.2) is 24.4 Å². The molecule has 4 nitrogen and oxygen atoms in total. The van der Waals surface area contributed by atoms with Gasteiger partial charge in [0.05, 0.1) is 0 Å². The first-order valence-electron chi connectivity index (χ1n) is 6.94. The fourth-order valence-electron chi connectivity index (χ4n) is 2.61. The van der Waals surface area contributed by atoms with E-state index in [1.165, 1.54) is 0 Å². The molecule has 0 radical (unpaired) electrons. The predicted octanol–water partition coefficient (Wildman–Crippen LogP) is 2.39. The number of amides is 2. The molecule has 0 spiro atoms. The summed E-state index contributed by atoms with van der Waals surface area (Å²) in [5.74, 6) is -0.693. The van der Waals surface area contributed by atoms with Crippen molar-refractivity contribution in [1.29, 1.82) is 0 Å². The van der Waals surface area contributed by atoms with Gasteiger partial charge in [-0.25, -0.2) is 0 Å². The first-order valence-corrected chi connectivity index (χ1v) is 7.73. The van der Waals surface area contributed by atoms with E-state index in [-0.39, 0.29) is 11.8 Å². The van der Waals surface area contributed by atoms with Gasteiger partial charge in [-0.3, -0.25) is 9.59 Å². The lowest BCUT2D eigenvalue weighted by Crippen LogP contribution is -2.37. The van der Waals surface area contributed by atoms with Gasteiger partial charge < -0.3 is 10.2 Å². The van der Waals surface area contributed by atoms with Crippen LogP contribution >= 0.6 is 15.9 Å². The Hall–Kier alpha value is -1.36. The molecule has 1 atom stereocenters. The molecule has 0 unspecified atom stereocenters. The van der Waals surface area contributed by atoms with E-state index < -0.39 is 5.92 Å². The normalized spacial score (nSPS) is 22.2. The minimum atomic E-state index is -0.515. The summed E-state index contributed by atoms with van der Waals surface area (Å²) in [5.41, 5.74) is 1.94. The van der Waals surface area contributed by atoms with Crippen LogP contribution in [0.2, 0.25) is 0 Å². The Morgan fingerprint density at radius 2 is 2.10 bits per heavy atom. The van der Waals surface area contributed by atoms with Crippen LogP contribution in [0.1, 0.15) is 24.8 Å². The van der Waals surface area contributed by atoms with Crippen molar-refractivity contribution in [2.75, 3.05) is 11.4 Å². The van der Waals surface area contributed by atoms with Crippen molar-refractivity contribution in [3.05, 3.63) is 28.2 Å². The van der Waals surface area contributed by atoms with Crippen molar-refractivity contribution in [2.24, 2.45) is 5.92 Å². The van der Waals surface area contributed by atoms with Crippen LogP contribution in [-0.2, 0) is 9.59 Å². The van der Waals surface area contributed by atoms with Crippen LogP contribution in [0.25, 0.3) is 0 Å². The molecule has 2 aliphatic rings. The van der Waals surface area contributed by atoms with Crippen LogP contribution in [0.15, 0.2) is 22.7 Å². The minimum absolute atomic E-state index is 0.0754. The fraction of sp³-hybridized carbons (Fsp3) is 0.467. The lowest BCUT2D eigenvalue weighted by atomic mass is 10.1. The number of hydrogen-bond donors (Lipinski definition) is 1. The number of rotatable bonds is 3. The van der Waals surface area contributed by atoms with E-state index in [1.54, 1.807) is 4.90 Å². The molecular weight excluding hydrogens is 320 g/mol. The molecule has 0 bridgehead atoms. The quantitative estimate of drug-likeness (QED) is 0.861. The standard InChI is InChI=1S/C15H17BrN2O2/c1-9-8-10(16)2-5-13(9)18-7-6-12(15(18)20)14(19)17-11-3-4-11/h2,5,8,11-12H,3-4,6-7H2,1H3,(H,17,19)/t12-/m0/s1. The Bertz CT molecular complexity index is 569. The number of nitrogens with one attached hydrogen (secondary N) is 1. The molecule has 1 aliphatic heterocycles. The summed E-state index contributed by atoms with van der Waals surface area (Å²) in [7, 11) is 0. The van der Waals surface area contributed by atoms with Crippen molar-refractivity contribution < 1.29 is 9.59 Å². The van der Waals surface area contributed by atoms with E-state index in [0.717, 1.165) is 28.6 Å². The molecule has 2 fully saturated rings. The Kier molecular flexibility index (Phi) is 3.54. The third-order valence-electron chi connectivity index (χ3n) is 3.90. The average Bonchev–Trinajstić information content (AvgIpc) is 3.12. The molecule has 1 aromatic carbocycles. The molecule has 1 heterocycles. The molecule has 0 aromatic heterocycles. The highest BCUT2D eigenvalue weighted by atomic mass is 79.9. The second-order valence-electron chi connectivity index (χ2n) is 5.54. The number of aryl methyl sites for hydroxylation is 1. The molecule has 5 heteroatoms. The number of halogens is 1. The van der Waals surface area contributed by atoms with Gasteiger partial charge in [0, 0.05) is 22.7 Å². The molecule has 1 saturated carbocycles. The summed E-state index contributed by atoms with van der Waals surface area (Å²) in [5, 5.41) is 2.93. The van der Waals surface area contributed by atoms with Crippen molar-refractivity contribution in [3.63, 3.8) is 0 Å². The molecule has 1 aliphatic carbocycles. The van der Waals surface area contributed by atoms with E-state index in [1.807, 2.05) is 25.1 Å². The number of carbonyl (C=O) groups excluding carboxylic acids is 2. The zero-order valence-corrected chi connectivity index (χ0v) is 12.9. The topological polar surface area (TPSA) is 49.4 Å². The van der Waals surface area contributed by atoms with Gasteiger partial charge in [0.2, 0.25) is 11.8 Å². The Balaban J connectivity index is 1.75. The van der Waals surface area contributed by atoms with Gasteiger partial charge in [-0.05, 0) is 49.9 Å². The van der Waals surface area contributed by atoms with Gasteiger partial charge in [-0.1, -0.05) is 15.9 Å². The maximum atomic E-state index is 12.4. The smallest absolute Gasteiger partial charge is 0.239 e. The minimum Gasteiger partial charge on any atom is -0.353 e. The van der Waals surface area contributed by atoms with Gasteiger partial charge in [0.1, 0.15) is 5.92 Å². The summed E-state index contributed by atoms with van der Waals surface area (Å²) in [6.45, 7) is 2.59. The van der Waals surface area contributed by atoms with E-state index in [0.29, 0.717) is 19.0 Å². The summed E-state index contributed by atoms with van der Waals surface area (Å²) in [6, 6.07) is 6.14. The predicted molar refractivity (Wildman–Crippen MR) is 80.5 cm³/mol. The molecule has 2 amide bonds. The van der Waals surface area contributed by atoms with Crippen LogP contribution in [0, 0.1) is 12.8 Å². The monoisotopic (exact) mass is 336 g/mol. The summed E-state index contributed by atoms with van der Waals surface area (Å²) >= 11 is 3.42. The summed E-state index contributed by atoms with van der Waals surface area (Å²) < 4.78 is 0.994. The highest BCUT2D eigenvalue weighted by Crippen LogP contribution is 2.30. The number of nitrogens with zero attached hydrogens (tertiary/aromatic N) is 1. The number of hydrogen-bond acceptors (Lipinski definition) is 2. The van der Waals surface area contributed by atoms with Crippen molar-refractivity contribution in [3.8, 4) is 0 Å². The number of benzene rings is 1. The van der Waals surface area contributed by atoms with Crippen LogP contribution in [0.3, 0.4) is 0 Å². The second-order valence-corrected chi connectivity index (χ2v) is 6.46. The Labute approximate surface area is 126 Å². The first-order chi connectivity index (χ1) is 9.56. The SMILES string of the molecule is Cc1cc(Br)ccc1N1CC[C@@H](C(=O)NC2CC2)C1=O. The maximum absolute atomic E-state index is 12.4. The van der Waals surface area contributed by atoms with Gasteiger partial charge in [0.15, 0.2) is 0 Å². The van der Waals surface area contributed by atoms with Gasteiger partial charge in [0.25, 0.3) is 0 Å². The second kappa shape index (κ2) is 5.20. The summed E-state index contributed by atoms with van der Waals surface area (Å²) in [4.78, 5) is 26.2. The lowest BCUT2D eigenvalue weighted by molar-refractivity contribution is -0.132. The number of carbonyl (C=O) groups is 2. The molecule has 3 rings (SSSR count). The molecule has 1 aromatic rings. The fourth-order valence-corrected chi connectivity index (χ4v) is 3.09. The van der Waals surface area contributed by atoms with Crippen molar-refractivity contribution in [1.82, 2.24) is 5.32 Å². The molecule has 106 valence electrons. The van der Waals surface area contributed by atoms with Crippen LogP contribution in [0.5, 0.6) is 0 Å². The van der Waals surface area contributed by atoms with Crippen molar-refractivity contribution in [2.45, 2.75) is 32.2 Å². The van der Waals surface area contributed by atoms with Crippen LogP contribution in [0.4, 0.5) is 5.69 Å². The number of anilines is 1. The molecule has 20 heavy (non-hydrogen) atoms. The zero-order chi connectivity index (χ0) is 14.3. The molecule has 1 N–H and O–H groups in total. The van der Waals surface area contributed by atoms with Gasteiger partial charge in [-0.15, -0.1) is 0 Å². The molecular formula is C15H17BrN2O2. The zero-order valence-electron chi connectivity index (χ0n) is 11.4. The lowest BCUT2D eigenvalue weighted by Gasteiger charge is -2.19.